The fraction of sp³-hybridized carbons (Fsp3) is 0.320. The Bertz CT molecular complexity index is 1110. The molecular weight excluding hydrogens is 445 g/mol. The summed E-state index contributed by atoms with van der Waals surface area (Å²) in [4.78, 5) is 7.09. The molecule has 0 unspecified atom stereocenters. The average molecular weight is 472 g/mol. The summed E-state index contributed by atoms with van der Waals surface area (Å²) in [6.07, 6.45) is 0.949. The Kier molecular flexibility index (Phi) is 7.65. The van der Waals surface area contributed by atoms with Crippen molar-refractivity contribution in [3.63, 3.8) is 0 Å². The quantitative estimate of drug-likeness (QED) is 0.448. The van der Waals surface area contributed by atoms with Gasteiger partial charge in [-0.3, -0.25) is 4.90 Å². The van der Waals surface area contributed by atoms with Gasteiger partial charge in [-0.1, -0.05) is 17.7 Å². The molecule has 1 saturated heterocycles. The molecule has 2 aromatic carbocycles. The number of nitrogens with one attached hydrogen (secondary N) is 1. The van der Waals surface area contributed by atoms with Gasteiger partial charge in [-0.2, -0.15) is 0 Å². The Morgan fingerprint density at radius 1 is 1.12 bits per heavy atom. The highest BCUT2D eigenvalue weighted by molar-refractivity contribution is 6.30. The molecule has 0 bridgehead atoms. The number of aromatic nitrogens is 1. The zero-order valence-corrected chi connectivity index (χ0v) is 19.2. The zero-order valence-electron chi connectivity index (χ0n) is 18.5. The molecule has 1 aliphatic heterocycles. The van der Waals surface area contributed by atoms with E-state index in [1.807, 2.05) is 12.1 Å². The number of phenolic OH excluding ortho intramolecular Hbond substituents is 1. The van der Waals surface area contributed by atoms with E-state index in [1.54, 1.807) is 31.4 Å². The largest absolute Gasteiger partial charge is 0.507 e. The average Bonchev–Trinajstić information content (AvgIpc) is 2.84. The third-order valence-corrected chi connectivity index (χ3v) is 5.93. The van der Waals surface area contributed by atoms with E-state index in [1.165, 1.54) is 12.1 Å². The lowest BCUT2D eigenvalue weighted by Crippen LogP contribution is -2.37. The molecule has 0 spiro atoms. The van der Waals surface area contributed by atoms with E-state index >= 15 is 0 Å². The van der Waals surface area contributed by atoms with Gasteiger partial charge in [-0.05, 0) is 60.5 Å². The number of phenols is 1. The first-order valence-electron chi connectivity index (χ1n) is 10.9. The van der Waals surface area contributed by atoms with Gasteiger partial charge in [0.25, 0.3) is 0 Å². The van der Waals surface area contributed by atoms with Gasteiger partial charge in [0.05, 0.1) is 31.0 Å². The van der Waals surface area contributed by atoms with Crippen molar-refractivity contribution in [1.82, 2.24) is 9.88 Å². The van der Waals surface area contributed by atoms with Crippen LogP contribution in [0.15, 0.2) is 48.5 Å². The number of benzene rings is 2. The number of hydrogen-bond donors (Lipinski definition) is 2. The summed E-state index contributed by atoms with van der Waals surface area (Å²) in [6, 6.07) is 13.5. The number of methoxy groups -OCH3 is 1. The molecule has 174 valence electrons. The maximum atomic E-state index is 14.1. The highest BCUT2D eigenvalue weighted by atomic mass is 35.5. The van der Waals surface area contributed by atoms with Crippen LogP contribution in [0.5, 0.6) is 11.5 Å². The number of halogens is 2. The number of nitrogens with zero attached hydrogens (tertiary/aromatic N) is 2. The minimum Gasteiger partial charge on any atom is -0.507 e. The third-order valence-electron chi connectivity index (χ3n) is 5.62. The molecule has 3 aromatic rings. The van der Waals surface area contributed by atoms with Crippen molar-refractivity contribution >= 4 is 17.4 Å². The van der Waals surface area contributed by atoms with Crippen molar-refractivity contribution in [2.24, 2.45) is 0 Å². The molecule has 0 aliphatic carbocycles. The fourth-order valence-corrected chi connectivity index (χ4v) is 3.92. The lowest BCUT2D eigenvalue weighted by molar-refractivity contribution is 0.0378. The van der Waals surface area contributed by atoms with Gasteiger partial charge in [-0.25, -0.2) is 9.37 Å². The molecule has 2 heterocycles. The highest BCUT2D eigenvalue weighted by Gasteiger charge is 2.13. The summed E-state index contributed by atoms with van der Waals surface area (Å²) in [7, 11) is 1.54. The van der Waals surface area contributed by atoms with Crippen LogP contribution >= 0.6 is 11.6 Å². The van der Waals surface area contributed by atoms with Crippen LogP contribution in [0.25, 0.3) is 22.4 Å². The molecule has 0 amide bonds. The predicted molar refractivity (Wildman–Crippen MR) is 129 cm³/mol. The number of ether oxygens (including phenoxy) is 2. The SMILES string of the molecule is COc1ccc(-c2cc(-c3ccc(Cl)c(F)c3)cc(NCCCN3CCOCC3)n2)c(O)c1. The number of aromatic hydroxyl groups is 1. The second-order valence-corrected chi connectivity index (χ2v) is 8.28. The number of rotatable bonds is 8. The van der Waals surface area contributed by atoms with Gasteiger partial charge in [0.1, 0.15) is 23.1 Å². The van der Waals surface area contributed by atoms with Crippen LogP contribution < -0.4 is 10.1 Å². The molecule has 0 atom stereocenters. The molecular formula is C25H27ClFN3O3. The third kappa shape index (κ3) is 5.93. The molecule has 6 nitrogen and oxygen atoms in total. The Hall–Kier alpha value is -2.87. The molecule has 0 saturated carbocycles. The maximum Gasteiger partial charge on any atom is 0.142 e. The maximum absolute atomic E-state index is 14.1. The summed E-state index contributed by atoms with van der Waals surface area (Å²) in [5.74, 6) is 0.767. The van der Waals surface area contributed by atoms with E-state index in [0.29, 0.717) is 28.4 Å². The van der Waals surface area contributed by atoms with Crippen LogP contribution in [-0.2, 0) is 4.74 Å². The summed E-state index contributed by atoms with van der Waals surface area (Å²) in [5, 5.41) is 14.0. The van der Waals surface area contributed by atoms with Gasteiger partial charge in [-0.15, -0.1) is 0 Å². The second kappa shape index (κ2) is 10.8. The molecule has 8 heteroatoms. The Balaban J connectivity index is 1.59. The van der Waals surface area contributed by atoms with Crippen molar-refractivity contribution < 1.29 is 19.0 Å². The topological polar surface area (TPSA) is 66.9 Å². The minimum absolute atomic E-state index is 0.0551. The lowest BCUT2D eigenvalue weighted by Gasteiger charge is -2.26. The monoisotopic (exact) mass is 471 g/mol. The highest BCUT2D eigenvalue weighted by Crippen LogP contribution is 2.35. The van der Waals surface area contributed by atoms with Crippen LogP contribution in [0.1, 0.15) is 6.42 Å². The van der Waals surface area contributed by atoms with Crippen molar-refractivity contribution in [1.29, 1.82) is 0 Å². The number of hydrogen-bond acceptors (Lipinski definition) is 6. The van der Waals surface area contributed by atoms with Gasteiger partial charge >= 0.3 is 0 Å². The Morgan fingerprint density at radius 2 is 1.94 bits per heavy atom. The standard InChI is InChI=1S/C25H27ClFN3O3/c1-32-19-4-5-20(24(31)16-19)23-14-18(17-3-6-21(26)22(27)13-17)15-25(29-23)28-7-2-8-30-9-11-33-12-10-30/h3-6,13-16,31H,2,7-12H2,1H3,(H,28,29). The van der Waals surface area contributed by atoms with E-state index < -0.39 is 5.82 Å². The molecule has 1 aromatic heterocycles. The van der Waals surface area contributed by atoms with Crippen molar-refractivity contribution in [2.75, 3.05) is 51.8 Å². The van der Waals surface area contributed by atoms with Crippen molar-refractivity contribution in [3.8, 4) is 33.9 Å². The first-order chi connectivity index (χ1) is 16.0. The summed E-state index contributed by atoms with van der Waals surface area (Å²) < 4.78 is 24.7. The van der Waals surface area contributed by atoms with Crippen LogP contribution in [0, 0.1) is 5.82 Å². The smallest absolute Gasteiger partial charge is 0.142 e. The molecule has 1 aliphatic rings. The van der Waals surface area contributed by atoms with Gasteiger partial charge in [0.2, 0.25) is 0 Å². The number of anilines is 1. The van der Waals surface area contributed by atoms with Crippen LogP contribution in [0.3, 0.4) is 0 Å². The van der Waals surface area contributed by atoms with E-state index in [-0.39, 0.29) is 10.8 Å². The van der Waals surface area contributed by atoms with Gasteiger partial charge in [0.15, 0.2) is 0 Å². The van der Waals surface area contributed by atoms with Crippen molar-refractivity contribution in [2.45, 2.75) is 6.42 Å². The Labute approximate surface area is 197 Å². The first-order valence-corrected chi connectivity index (χ1v) is 11.3. The van der Waals surface area contributed by atoms with Gasteiger partial charge in [0, 0.05) is 31.3 Å². The second-order valence-electron chi connectivity index (χ2n) is 7.87. The van der Waals surface area contributed by atoms with E-state index in [0.717, 1.165) is 51.4 Å². The van der Waals surface area contributed by atoms with Gasteiger partial charge < -0.3 is 19.9 Å². The first kappa shape index (κ1) is 23.3. The molecule has 1 fully saturated rings. The van der Waals surface area contributed by atoms with E-state index in [9.17, 15) is 9.50 Å². The van der Waals surface area contributed by atoms with Crippen molar-refractivity contribution in [3.05, 3.63) is 59.4 Å². The zero-order chi connectivity index (χ0) is 23.2. The molecule has 2 N–H and O–H groups in total. The van der Waals surface area contributed by atoms with E-state index in [4.69, 9.17) is 26.1 Å². The fourth-order valence-electron chi connectivity index (χ4n) is 3.80. The van der Waals surface area contributed by atoms with Crippen LogP contribution in [0.2, 0.25) is 5.02 Å². The molecule has 0 radical (unpaired) electrons. The molecule has 4 rings (SSSR count). The Morgan fingerprint density at radius 3 is 2.67 bits per heavy atom. The summed E-state index contributed by atoms with van der Waals surface area (Å²) in [5.41, 5.74) is 2.56. The number of morpholine rings is 1. The summed E-state index contributed by atoms with van der Waals surface area (Å²) >= 11 is 5.87. The molecule has 33 heavy (non-hydrogen) atoms. The minimum atomic E-state index is -0.486. The normalized spacial score (nSPS) is 14.3. The van der Waals surface area contributed by atoms with Crippen LogP contribution in [0.4, 0.5) is 10.2 Å². The predicted octanol–water partition coefficient (Wildman–Crippen LogP) is 5.06. The summed E-state index contributed by atoms with van der Waals surface area (Å²) in [6.45, 7) is 5.18. The lowest BCUT2D eigenvalue weighted by atomic mass is 10.0. The van der Waals surface area contributed by atoms with Crippen LogP contribution in [-0.4, -0.2) is 61.5 Å². The van der Waals surface area contributed by atoms with E-state index in [2.05, 4.69) is 10.2 Å². The number of pyridine rings is 1.